The van der Waals surface area contributed by atoms with E-state index in [1.807, 2.05) is 19.1 Å². The molecular formula is C12H14F2O. The molecule has 1 aromatic carbocycles. The minimum atomic E-state index is -2.51. The van der Waals surface area contributed by atoms with Crippen LogP contribution in [-0.4, -0.2) is 11.5 Å². The van der Waals surface area contributed by atoms with Crippen molar-refractivity contribution in [3.05, 3.63) is 47.0 Å². The van der Waals surface area contributed by atoms with E-state index in [-0.39, 0.29) is 5.57 Å². The van der Waals surface area contributed by atoms with Gasteiger partial charge in [-0.05, 0) is 31.1 Å². The van der Waals surface area contributed by atoms with E-state index < -0.39 is 12.5 Å². The van der Waals surface area contributed by atoms with Gasteiger partial charge in [-0.3, -0.25) is 0 Å². The first kappa shape index (κ1) is 11.9. The van der Waals surface area contributed by atoms with Crippen molar-refractivity contribution < 1.29 is 13.9 Å². The fourth-order valence-electron chi connectivity index (χ4n) is 1.18. The van der Waals surface area contributed by atoms with E-state index in [0.29, 0.717) is 5.56 Å². The summed E-state index contributed by atoms with van der Waals surface area (Å²) in [7, 11) is 0. The first-order valence-electron chi connectivity index (χ1n) is 4.72. The second kappa shape index (κ2) is 5.03. The van der Waals surface area contributed by atoms with Crippen molar-refractivity contribution in [2.24, 2.45) is 0 Å². The Morgan fingerprint density at radius 2 is 1.80 bits per heavy atom. The lowest BCUT2D eigenvalue weighted by molar-refractivity contribution is 0.181. The molecule has 0 spiro atoms. The van der Waals surface area contributed by atoms with Crippen molar-refractivity contribution in [1.82, 2.24) is 0 Å². The molecule has 0 radical (unpaired) electrons. The summed E-state index contributed by atoms with van der Waals surface area (Å²) in [6.45, 7) is 3.23. The quantitative estimate of drug-likeness (QED) is 0.762. The summed E-state index contributed by atoms with van der Waals surface area (Å²) in [5, 5.41) is 9.62. The lowest BCUT2D eigenvalue weighted by atomic mass is 10.1. The molecule has 3 heteroatoms. The molecule has 15 heavy (non-hydrogen) atoms. The number of benzene rings is 1. The molecule has 0 saturated carbocycles. The molecule has 0 aliphatic heterocycles. The van der Waals surface area contributed by atoms with E-state index in [4.69, 9.17) is 0 Å². The molecule has 0 aromatic heterocycles. The predicted octanol–water partition coefficient (Wildman–Crippen LogP) is 3.24. The summed E-state index contributed by atoms with van der Waals surface area (Å²) in [5.74, 6) is 0. The van der Waals surface area contributed by atoms with Crippen LogP contribution in [0.5, 0.6) is 0 Å². The summed E-state index contributed by atoms with van der Waals surface area (Å²) in [6, 6.07) is 7.14. The van der Waals surface area contributed by atoms with Gasteiger partial charge >= 0.3 is 0 Å². The van der Waals surface area contributed by atoms with Gasteiger partial charge < -0.3 is 5.11 Å². The molecule has 1 N–H and O–H groups in total. The maximum Gasteiger partial charge on any atom is 0.259 e. The van der Waals surface area contributed by atoms with Gasteiger partial charge in [0, 0.05) is 0 Å². The summed E-state index contributed by atoms with van der Waals surface area (Å²) in [4.78, 5) is 0. The Balaban J connectivity index is 2.81. The summed E-state index contributed by atoms with van der Waals surface area (Å²) < 4.78 is 24.4. The number of rotatable bonds is 3. The van der Waals surface area contributed by atoms with E-state index in [1.54, 1.807) is 12.1 Å². The van der Waals surface area contributed by atoms with Crippen molar-refractivity contribution >= 4 is 0 Å². The highest BCUT2D eigenvalue weighted by atomic mass is 19.3. The van der Waals surface area contributed by atoms with Gasteiger partial charge in [0.05, 0.1) is 6.10 Å². The molecule has 1 aromatic rings. The number of hydrogen-bond donors (Lipinski definition) is 1. The van der Waals surface area contributed by atoms with Crippen LogP contribution >= 0.6 is 0 Å². The van der Waals surface area contributed by atoms with Crippen molar-refractivity contribution in [3.8, 4) is 0 Å². The Hall–Kier alpha value is -1.22. The van der Waals surface area contributed by atoms with Gasteiger partial charge in [0.2, 0.25) is 0 Å². The van der Waals surface area contributed by atoms with Gasteiger partial charge in [-0.25, -0.2) is 8.78 Å². The van der Waals surface area contributed by atoms with Crippen molar-refractivity contribution in [3.63, 3.8) is 0 Å². The minimum absolute atomic E-state index is 0.108. The van der Waals surface area contributed by atoms with Crippen molar-refractivity contribution in [1.29, 1.82) is 0 Å². The van der Waals surface area contributed by atoms with Gasteiger partial charge in [0.15, 0.2) is 0 Å². The monoisotopic (exact) mass is 212 g/mol. The first-order chi connectivity index (χ1) is 7.00. The van der Waals surface area contributed by atoms with Gasteiger partial charge in [-0.15, -0.1) is 0 Å². The fourth-order valence-corrected chi connectivity index (χ4v) is 1.18. The molecule has 0 fully saturated rings. The lowest BCUT2D eigenvalue weighted by Gasteiger charge is -2.08. The molecule has 0 aliphatic rings. The van der Waals surface area contributed by atoms with Gasteiger partial charge in [-0.1, -0.05) is 29.8 Å². The van der Waals surface area contributed by atoms with E-state index in [1.165, 1.54) is 13.0 Å². The topological polar surface area (TPSA) is 20.2 Å². The standard InChI is InChI=1S/C12H14F2O/c1-8-3-5-10(6-4-8)11(15)7-9(2)12(13)14/h3-7,11-12,15H,1-2H3/b9-7-. The van der Waals surface area contributed by atoms with E-state index >= 15 is 0 Å². The molecule has 1 rings (SSSR count). The van der Waals surface area contributed by atoms with Crippen LogP contribution in [0.1, 0.15) is 24.2 Å². The Morgan fingerprint density at radius 3 is 2.27 bits per heavy atom. The van der Waals surface area contributed by atoms with E-state index in [2.05, 4.69) is 0 Å². The zero-order valence-electron chi connectivity index (χ0n) is 8.74. The minimum Gasteiger partial charge on any atom is -0.384 e. The zero-order valence-corrected chi connectivity index (χ0v) is 8.74. The van der Waals surface area contributed by atoms with Crippen molar-refractivity contribution in [2.45, 2.75) is 26.4 Å². The second-order valence-corrected chi connectivity index (χ2v) is 3.57. The van der Waals surface area contributed by atoms with Gasteiger partial charge in [0.25, 0.3) is 6.43 Å². The molecule has 0 heterocycles. The van der Waals surface area contributed by atoms with Crippen LogP contribution in [-0.2, 0) is 0 Å². The fraction of sp³-hybridized carbons (Fsp3) is 0.333. The maximum absolute atomic E-state index is 12.2. The number of aryl methyl sites for hydroxylation is 1. The normalized spacial score (nSPS) is 14.4. The number of hydrogen-bond acceptors (Lipinski definition) is 1. The molecule has 0 bridgehead atoms. The summed E-state index contributed by atoms with van der Waals surface area (Å²) in [5.41, 5.74) is 1.59. The highest BCUT2D eigenvalue weighted by Crippen LogP contribution is 2.18. The largest absolute Gasteiger partial charge is 0.384 e. The smallest absolute Gasteiger partial charge is 0.259 e. The molecular weight excluding hydrogens is 198 g/mol. The molecule has 1 atom stereocenters. The number of aliphatic hydroxyl groups excluding tert-OH is 1. The number of aliphatic hydroxyl groups is 1. The third kappa shape index (κ3) is 3.44. The summed E-state index contributed by atoms with van der Waals surface area (Å²) in [6.07, 6.45) is -2.29. The van der Waals surface area contributed by atoms with Crippen molar-refractivity contribution in [2.75, 3.05) is 0 Å². The average Bonchev–Trinajstić information content (AvgIpc) is 2.18. The number of halogens is 2. The van der Waals surface area contributed by atoms with E-state index in [9.17, 15) is 13.9 Å². The van der Waals surface area contributed by atoms with Crippen LogP contribution in [0.25, 0.3) is 0 Å². The Labute approximate surface area is 88.1 Å². The highest BCUT2D eigenvalue weighted by Gasteiger charge is 2.09. The SMILES string of the molecule is C/C(=C/C(O)c1ccc(C)cc1)C(F)F. The lowest BCUT2D eigenvalue weighted by Crippen LogP contribution is -1.98. The first-order valence-corrected chi connectivity index (χ1v) is 4.72. The predicted molar refractivity (Wildman–Crippen MR) is 55.9 cm³/mol. The maximum atomic E-state index is 12.2. The van der Waals surface area contributed by atoms with Crippen LogP contribution in [0.2, 0.25) is 0 Å². The zero-order chi connectivity index (χ0) is 11.4. The molecule has 82 valence electrons. The average molecular weight is 212 g/mol. The van der Waals surface area contributed by atoms with Gasteiger partial charge in [0.1, 0.15) is 0 Å². The van der Waals surface area contributed by atoms with Crippen LogP contribution in [0.15, 0.2) is 35.9 Å². The molecule has 0 aliphatic carbocycles. The Kier molecular flexibility index (Phi) is 3.97. The van der Waals surface area contributed by atoms with E-state index in [0.717, 1.165) is 5.56 Å². The number of alkyl halides is 2. The third-order valence-corrected chi connectivity index (χ3v) is 2.18. The van der Waals surface area contributed by atoms with Gasteiger partial charge in [-0.2, -0.15) is 0 Å². The van der Waals surface area contributed by atoms with Crippen LogP contribution in [0, 0.1) is 6.92 Å². The summed E-state index contributed by atoms with van der Waals surface area (Å²) >= 11 is 0. The van der Waals surface area contributed by atoms with Crippen LogP contribution in [0.4, 0.5) is 8.78 Å². The molecule has 1 nitrogen and oxygen atoms in total. The Morgan fingerprint density at radius 1 is 1.27 bits per heavy atom. The van der Waals surface area contributed by atoms with Crippen LogP contribution < -0.4 is 0 Å². The molecule has 0 saturated heterocycles. The Bertz CT molecular complexity index is 341. The molecule has 0 amide bonds. The van der Waals surface area contributed by atoms with Crippen LogP contribution in [0.3, 0.4) is 0 Å². The highest BCUT2D eigenvalue weighted by molar-refractivity contribution is 5.26. The third-order valence-electron chi connectivity index (χ3n) is 2.18. The second-order valence-electron chi connectivity index (χ2n) is 3.57. The molecule has 1 unspecified atom stereocenters. The number of allylic oxidation sites excluding steroid dienone is 1.